The van der Waals surface area contributed by atoms with Gasteiger partial charge in [-0.25, -0.2) is 0 Å². The van der Waals surface area contributed by atoms with Gasteiger partial charge in [-0.15, -0.1) is 0 Å². The Bertz CT molecular complexity index is 372. The lowest BCUT2D eigenvalue weighted by atomic mass is 9.96. The average Bonchev–Trinajstić information content (AvgIpc) is 2.42. The van der Waals surface area contributed by atoms with Crippen molar-refractivity contribution in [1.82, 2.24) is 0 Å². The van der Waals surface area contributed by atoms with E-state index in [9.17, 15) is 9.90 Å². The number of carboxylic acids is 1. The lowest BCUT2D eigenvalue weighted by Crippen LogP contribution is -2.18. The quantitative estimate of drug-likeness (QED) is 0.698. The van der Waals surface area contributed by atoms with Crippen molar-refractivity contribution < 1.29 is 19.4 Å². The maximum absolute atomic E-state index is 11.2. The van der Waals surface area contributed by atoms with Gasteiger partial charge in [0.1, 0.15) is 5.75 Å². The summed E-state index contributed by atoms with van der Waals surface area (Å²) in [5.74, 6) is -0.386. The first-order valence-electron chi connectivity index (χ1n) is 6.60. The Labute approximate surface area is 114 Å². The summed E-state index contributed by atoms with van der Waals surface area (Å²) >= 11 is 0. The smallest absolute Gasteiger partial charge is 0.306 e. The Kier molecular flexibility index (Phi) is 6.97. The van der Waals surface area contributed by atoms with E-state index in [1.54, 1.807) is 7.11 Å². The summed E-state index contributed by atoms with van der Waals surface area (Å²) in [6.45, 7) is 3.22. The molecule has 0 saturated heterocycles. The standard InChI is InChI=1S/C15H22O4/c1-3-9-19-10-8-13(15(16)17)11-12-4-6-14(18-2)7-5-12/h4-7,13H,3,8-11H2,1-2H3,(H,16,17). The van der Waals surface area contributed by atoms with E-state index in [0.717, 1.165) is 17.7 Å². The van der Waals surface area contributed by atoms with Gasteiger partial charge in [-0.1, -0.05) is 19.1 Å². The molecule has 0 amide bonds. The minimum atomic E-state index is -0.768. The van der Waals surface area contributed by atoms with Crippen LogP contribution in [0, 0.1) is 5.92 Å². The van der Waals surface area contributed by atoms with Crippen molar-refractivity contribution in [2.24, 2.45) is 5.92 Å². The van der Waals surface area contributed by atoms with Crippen molar-refractivity contribution in [2.45, 2.75) is 26.2 Å². The van der Waals surface area contributed by atoms with Gasteiger partial charge in [0.05, 0.1) is 13.0 Å². The molecule has 1 unspecified atom stereocenters. The Morgan fingerprint density at radius 3 is 2.47 bits per heavy atom. The monoisotopic (exact) mass is 266 g/mol. The molecule has 0 bridgehead atoms. The number of hydrogen-bond donors (Lipinski definition) is 1. The van der Waals surface area contributed by atoms with Crippen molar-refractivity contribution >= 4 is 5.97 Å². The summed E-state index contributed by atoms with van der Waals surface area (Å²) < 4.78 is 10.4. The van der Waals surface area contributed by atoms with Gasteiger partial charge < -0.3 is 14.6 Å². The molecular formula is C15H22O4. The number of rotatable bonds is 9. The van der Waals surface area contributed by atoms with Crippen LogP contribution in [0.2, 0.25) is 0 Å². The number of ether oxygens (including phenoxy) is 2. The molecule has 1 rings (SSSR count). The third-order valence-electron chi connectivity index (χ3n) is 2.95. The number of hydrogen-bond acceptors (Lipinski definition) is 3. The third-order valence-corrected chi connectivity index (χ3v) is 2.95. The molecule has 0 aromatic heterocycles. The first-order valence-corrected chi connectivity index (χ1v) is 6.60. The van der Waals surface area contributed by atoms with Crippen molar-refractivity contribution in [3.05, 3.63) is 29.8 Å². The van der Waals surface area contributed by atoms with Crippen LogP contribution in [0.25, 0.3) is 0 Å². The highest BCUT2D eigenvalue weighted by Gasteiger charge is 2.17. The average molecular weight is 266 g/mol. The molecule has 4 heteroatoms. The molecule has 19 heavy (non-hydrogen) atoms. The number of carboxylic acid groups (broad SMARTS) is 1. The van der Waals surface area contributed by atoms with Crippen LogP contribution in [-0.4, -0.2) is 31.4 Å². The SMILES string of the molecule is CCCOCCC(Cc1ccc(OC)cc1)C(=O)O. The summed E-state index contributed by atoms with van der Waals surface area (Å²) in [7, 11) is 1.61. The topological polar surface area (TPSA) is 55.8 Å². The summed E-state index contributed by atoms with van der Waals surface area (Å²) in [5.41, 5.74) is 1.00. The van der Waals surface area contributed by atoms with Gasteiger partial charge in [-0.05, 0) is 37.0 Å². The van der Waals surface area contributed by atoms with E-state index in [2.05, 4.69) is 0 Å². The second kappa shape index (κ2) is 8.53. The van der Waals surface area contributed by atoms with E-state index in [1.807, 2.05) is 31.2 Å². The molecule has 1 atom stereocenters. The van der Waals surface area contributed by atoms with Crippen molar-refractivity contribution in [3.63, 3.8) is 0 Å². The summed E-state index contributed by atoms with van der Waals surface area (Å²) in [6, 6.07) is 7.51. The van der Waals surface area contributed by atoms with Crippen LogP contribution < -0.4 is 4.74 Å². The van der Waals surface area contributed by atoms with Gasteiger partial charge in [0.2, 0.25) is 0 Å². The molecule has 0 aliphatic heterocycles. The maximum Gasteiger partial charge on any atom is 0.306 e. The predicted molar refractivity (Wildman–Crippen MR) is 73.6 cm³/mol. The van der Waals surface area contributed by atoms with E-state index >= 15 is 0 Å². The Morgan fingerprint density at radius 1 is 1.26 bits per heavy atom. The fraction of sp³-hybridized carbons (Fsp3) is 0.533. The fourth-order valence-electron chi connectivity index (χ4n) is 1.83. The molecule has 0 fully saturated rings. The Morgan fingerprint density at radius 2 is 1.95 bits per heavy atom. The largest absolute Gasteiger partial charge is 0.497 e. The molecule has 1 aromatic carbocycles. The molecular weight excluding hydrogens is 244 g/mol. The number of aliphatic carboxylic acids is 1. The third kappa shape index (κ3) is 5.75. The molecule has 0 heterocycles. The molecule has 0 aliphatic carbocycles. The van der Waals surface area contributed by atoms with Gasteiger partial charge >= 0.3 is 5.97 Å². The van der Waals surface area contributed by atoms with E-state index in [-0.39, 0.29) is 0 Å². The number of carbonyl (C=O) groups is 1. The van der Waals surface area contributed by atoms with Crippen LogP contribution in [0.1, 0.15) is 25.3 Å². The summed E-state index contributed by atoms with van der Waals surface area (Å²) in [5, 5.41) is 9.21. The van der Waals surface area contributed by atoms with Crippen molar-refractivity contribution in [2.75, 3.05) is 20.3 Å². The lowest BCUT2D eigenvalue weighted by Gasteiger charge is -2.12. The Balaban J connectivity index is 2.49. The van der Waals surface area contributed by atoms with E-state index in [0.29, 0.717) is 26.1 Å². The van der Waals surface area contributed by atoms with Gasteiger partial charge in [0.15, 0.2) is 0 Å². The number of methoxy groups -OCH3 is 1. The highest BCUT2D eigenvalue weighted by atomic mass is 16.5. The Hall–Kier alpha value is -1.55. The molecule has 106 valence electrons. The van der Waals surface area contributed by atoms with Crippen molar-refractivity contribution in [1.29, 1.82) is 0 Å². The minimum absolute atomic E-state index is 0.398. The minimum Gasteiger partial charge on any atom is -0.497 e. The molecule has 0 radical (unpaired) electrons. The zero-order valence-electron chi connectivity index (χ0n) is 11.6. The molecule has 0 spiro atoms. The summed E-state index contributed by atoms with van der Waals surface area (Å²) in [6.07, 6.45) is 2.02. The van der Waals surface area contributed by atoms with Crippen LogP contribution in [-0.2, 0) is 16.0 Å². The fourth-order valence-corrected chi connectivity index (χ4v) is 1.83. The molecule has 0 aliphatic rings. The van der Waals surface area contributed by atoms with Crippen LogP contribution in [0.15, 0.2) is 24.3 Å². The normalized spacial score (nSPS) is 12.1. The van der Waals surface area contributed by atoms with E-state index in [4.69, 9.17) is 9.47 Å². The molecule has 1 aromatic rings. The van der Waals surface area contributed by atoms with Crippen LogP contribution >= 0.6 is 0 Å². The predicted octanol–water partition coefficient (Wildman–Crippen LogP) is 2.76. The van der Waals surface area contributed by atoms with Gasteiger partial charge in [-0.3, -0.25) is 4.79 Å². The number of benzene rings is 1. The van der Waals surface area contributed by atoms with E-state index in [1.165, 1.54) is 0 Å². The van der Waals surface area contributed by atoms with Gasteiger partial charge in [0, 0.05) is 13.2 Å². The molecule has 4 nitrogen and oxygen atoms in total. The van der Waals surface area contributed by atoms with Gasteiger partial charge in [-0.2, -0.15) is 0 Å². The van der Waals surface area contributed by atoms with E-state index < -0.39 is 11.9 Å². The molecule has 1 N–H and O–H groups in total. The maximum atomic E-state index is 11.2. The highest BCUT2D eigenvalue weighted by Crippen LogP contribution is 2.17. The molecule has 0 saturated carbocycles. The zero-order chi connectivity index (χ0) is 14.1. The van der Waals surface area contributed by atoms with Gasteiger partial charge in [0.25, 0.3) is 0 Å². The van der Waals surface area contributed by atoms with Crippen LogP contribution in [0.3, 0.4) is 0 Å². The van der Waals surface area contributed by atoms with Crippen molar-refractivity contribution in [3.8, 4) is 5.75 Å². The zero-order valence-corrected chi connectivity index (χ0v) is 11.6. The first kappa shape index (κ1) is 15.5. The second-order valence-electron chi connectivity index (χ2n) is 4.49. The van der Waals surface area contributed by atoms with Crippen LogP contribution in [0.5, 0.6) is 5.75 Å². The summed E-state index contributed by atoms with van der Waals surface area (Å²) in [4.78, 5) is 11.2. The lowest BCUT2D eigenvalue weighted by molar-refractivity contribution is -0.142. The van der Waals surface area contributed by atoms with Crippen LogP contribution in [0.4, 0.5) is 0 Å². The highest BCUT2D eigenvalue weighted by molar-refractivity contribution is 5.70. The first-order chi connectivity index (χ1) is 9.17. The second-order valence-corrected chi connectivity index (χ2v) is 4.49.